The molecule has 0 amide bonds. The Labute approximate surface area is 95.6 Å². The Balaban J connectivity index is 0.000000791. The lowest BCUT2D eigenvalue weighted by molar-refractivity contribution is 0.190. The molecule has 1 fully saturated rings. The minimum Gasteiger partial charge on any atom is -0.395 e. The van der Waals surface area contributed by atoms with E-state index in [1.807, 2.05) is 24.6 Å². The van der Waals surface area contributed by atoms with Crippen molar-refractivity contribution < 1.29 is 9.84 Å². The van der Waals surface area contributed by atoms with E-state index in [1.165, 1.54) is 0 Å². The zero-order valence-electron chi connectivity index (χ0n) is 9.41. The molecule has 1 rings (SSSR count). The van der Waals surface area contributed by atoms with Gasteiger partial charge in [0.2, 0.25) is 0 Å². The molecular weight excluding hydrogens is 216 g/mol. The van der Waals surface area contributed by atoms with Crippen LogP contribution < -0.4 is 0 Å². The molecular formula is C10H22O2S2. The number of hydrogen-bond acceptors (Lipinski definition) is 4. The topological polar surface area (TPSA) is 29.5 Å². The van der Waals surface area contributed by atoms with Gasteiger partial charge in [-0.3, -0.25) is 0 Å². The molecule has 0 spiro atoms. The third-order valence-corrected chi connectivity index (χ3v) is 5.47. The zero-order valence-corrected chi connectivity index (χ0v) is 11.0. The molecule has 0 aliphatic carbocycles. The first-order valence-electron chi connectivity index (χ1n) is 5.32. The fourth-order valence-electron chi connectivity index (χ4n) is 1.20. The zero-order chi connectivity index (χ0) is 10.9. The minimum absolute atomic E-state index is 0.276. The molecule has 1 atom stereocenters. The van der Waals surface area contributed by atoms with Crippen LogP contribution in [0.15, 0.2) is 0 Å². The Bertz CT molecular complexity index is 125. The maximum Gasteiger partial charge on any atom is 0.0622 e. The van der Waals surface area contributed by atoms with Crippen LogP contribution in [0.1, 0.15) is 33.6 Å². The summed E-state index contributed by atoms with van der Waals surface area (Å²) in [5.41, 5.74) is 0. The minimum atomic E-state index is 0.276. The van der Waals surface area contributed by atoms with E-state index in [0.717, 1.165) is 31.8 Å². The molecule has 1 saturated heterocycles. The average molecular weight is 238 g/mol. The highest BCUT2D eigenvalue weighted by atomic mass is 33.1. The van der Waals surface area contributed by atoms with E-state index in [-0.39, 0.29) is 6.61 Å². The standard InChI is InChI=1S/C8H16O2S2.C2H6/c1-2-8(3-5-10-7-8)12-11-6-4-9;1-2/h9H,2-7H2,1H3;1-2H3. The smallest absolute Gasteiger partial charge is 0.0622 e. The van der Waals surface area contributed by atoms with Gasteiger partial charge in [-0.05, 0) is 12.8 Å². The largest absolute Gasteiger partial charge is 0.395 e. The van der Waals surface area contributed by atoms with Crippen molar-refractivity contribution in [2.24, 2.45) is 0 Å². The van der Waals surface area contributed by atoms with Crippen LogP contribution in [0, 0.1) is 0 Å². The van der Waals surface area contributed by atoms with Gasteiger partial charge in [0.15, 0.2) is 0 Å². The Morgan fingerprint density at radius 3 is 2.57 bits per heavy atom. The molecule has 1 aliphatic rings. The van der Waals surface area contributed by atoms with Crippen LogP contribution >= 0.6 is 21.6 Å². The molecule has 1 N–H and O–H groups in total. The van der Waals surface area contributed by atoms with E-state index in [0.29, 0.717) is 4.75 Å². The summed E-state index contributed by atoms with van der Waals surface area (Å²) in [4.78, 5) is 0. The second-order valence-corrected chi connectivity index (χ2v) is 5.85. The van der Waals surface area contributed by atoms with Crippen molar-refractivity contribution in [3.63, 3.8) is 0 Å². The lowest BCUT2D eigenvalue weighted by Crippen LogP contribution is -2.22. The first-order chi connectivity index (χ1) is 6.83. The molecule has 1 unspecified atom stereocenters. The summed E-state index contributed by atoms with van der Waals surface area (Å²) in [6, 6.07) is 0. The fraction of sp³-hybridized carbons (Fsp3) is 1.00. The van der Waals surface area contributed by atoms with Gasteiger partial charge >= 0.3 is 0 Å². The summed E-state index contributed by atoms with van der Waals surface area (Å²) in [6.45, 7) is 8.27. The maximum absolute atomic E-state index is 8.63. The van der Waals surface area contributed by atoms with Crippen molar-refractivity contribution >= 4 is 21.6 Å². The van der Waals surface area contributed by atoms with Gasteiger partial charge in [0, 0.05) is 12.4 Å². The molecule has 1 heterocycles. The summed E-state index contributed by atoms with van der Waals surface area (Å²) in [5.74, 6) is 0.826. The lowest BCUT2D eigenvalue weighted by Gasteiger charge is -2.23. The quantitative estimate of drug-likeness (QED) is 0.589. The van der Waals surface area contributed by atoms with Gasteiger partial charge in [-0.15, -0.1) is 0 Å². The predicted octanol–water partition coefficient (Wildman–Crippen LogP) is 2.96. The number of ether oxygens (including phenoxy) is 1. The molecule has 0 aromatic heterocycles. The van der Waals surface area contributed by atoms with Crippen molar-refractivity contribution in [3.05, 3.63) is 0 Å². The lowest BCUT2D eigenvalue weighted by atomic mass is 10.1. The number of rotatable bonds is 5. The molecule has 0 saturated carbocycles. The number of aliphatic hydroxyl groups excluding tert-OH is 1. The van der Waals surface area contributed by atoms with Crippen molar-refractivity contribution in [2.45, 2.75) is 38.4 Å². The molecule has 0 aromatic rings. The molecule has 4 heteroatoms. The van der Waals surface area contributed by atoms with Crippen molar-refractivity contribution in [3.8, 4) is 0 Å². The summed E-state index contributed by atoms with van der Waals surface area (Å²) in [7, 11) is 3.65. The molecule has 86 valence electrons. The molecule has 0 bridgehead atoms. The highest BCUT2D eigenvalue weighted by molar-refractivity contribution is 8.77. The van der Waals surface area contributed by atoms with Crippen molar-refractivity contribution in [1.29, 1.82) is 0 Å². The fourth-order valence-corrected chi connectivity index (χ4v) is 3.99. The second-order valence-electron chi connectivity index (χ2n) is 2.97. The second kappa shape index (κ2) is 8.89. The van der Waals surface area contributed by atoms with E-state index >= 15 is 0 Å². The predicted molar refractivity (Wildman–Crippen MR) is 66.9 cm³/mol. The van der Waals surface area contributed by atoms with Gasteiger partial charge in [-0.2, -0.15) is 0 Å². The van der Waals surface area contributed by atoms with Crippen LogP contribution in [0.3, 0.4) is 0 Å². The van der Waals surface area contributed by atoms with Crippen LogP contribution in [0.4, 0.5) is 0 Å². The van der Waals surface area contributed by atoms with E-state index in [4.69, 9.17) is 9.84 Å². The SMILES string of the molecule is CC.CCC1(SSCCO)CCOC1. The molecule has 0 radical (unpaired) electrons. The Hall–Kier alpha value is 0.620. The van der Waals surface area contributed by atoms with Crippen molar-refractivity contribution in [1.82, 2.24) is 0 Å². The van der Waals surface area contributed by atoms with Gasteiger partial charge in [0.1, 0.15) is 0 Å². The van der Waals surface area contributed by atoms with E-state index in [9.17, 15) is 0 Å². The third kappa shape index (κ3) is 4.91. The van der Waals surface area contributed by atoms with Gasteiger partial charge in [0.25, 0.3) is 0 Å². The summed E-state index contributed by atoms with van der Waals surface area (Å²) in [6.07, 6.45) is 2.32. The van der Waals surface area contributed by atoms with Crippen LogP contribution in [0.2, 0.25) is 0 Å². The van der Waals surface area contributed by atoms with Gasteiger partial charge < -0.3 is 9.84 Å². The van der Waals surface area contributed by atoms with Crippen LogP contribution in [-0.4, -0.2) is 35.4 Å². The molecule has 2 nitrogen and oxygen atoms in total. The van der Waals surface area contributed by atoms with Gasteiger partial charge in [0.05, 0.1) is 18.0 Å². The Morgan fingerprint density at radius 1 is 1.43 bits per heavy atom. The van der Waals surface area contributed by atoms with E-state index < -0.39 is 0 Å². The Kier molecular flexibility index (Phi) is 9.28. The van der Waals surface area contributed by atoms with Crippen LogP contribution in [0.5, 0.6) is 0 Å². The molecule has 1 aliphatic heterocycles. The molecule has 14 heavy (non-hydrogen) atoms. The first-order valence-corrected chi connectivity index (χ1v) is 7.64. The summed E-state index contributed by atoms with van der Waals surface area (Å²) >= 11 is 0. The highest BCUT2D eigenvalue weighted by Crippen LogP contribution is 2.43. The number of hydrogen-bond donors (Lipinski definition) is 1. The average Bonchev–Trinajstić information content (AvgIpc) is 2.71. The van der Waals surface area contributed by atoms with Crippen LogP contribution in [0.25, 0.3) is 0 Å². The van der Waals surface area contributed by atoms with Gasteiger partial charge in [-0.1, -0.05) is 42.4 Å². The maximum atomic E-state index is 8.63. The van der Waals surface area contributed by atoms with E-state index in [1.54, 1.807) is 10.8 Å². The normalized spacial score (nSPS) is 25.7. The summed E-state index contributed by atoms with van der Waals surface area (Å²) < 4.78 is 5.72. The third-order valence-electron chi connectivity index (χ3n) is 2.12. The van der Waals surface area contributed by atoms with Gasteiger partial charge in [-0.25, -0.2) is 0 Å². The van der Waals surface area contributed by atoms with E-state index in [2.05, 4.69) is 6.92 Å². The molecule has 0 aromatic carbocycles. The highest BCUT2D eigenvalue weighted by Gasteiger charge is 2.33. The van der Waals surface area contributed by atoms with Crippen LogP contribution in [-0.2, 0) is 4.74 Å². The number of aliphatic hydroxyl groups is 1. The summed E-state index contributed by atoms with van der Waals surface area (Å²) in [5, 5.41) is 8.63. The Morgan fingerprint density at radius 2 is 2.14 bits per heavy atom. The van der Waals surface area contributed by atoms with Crippen molar-refractivity contribution in [2.75, 3.05) is 25.6 Å². The monoisotopic (exact) mass is 238 g/mol. The first kappa shape index (κ1) is 14.6.